The molecule has 1 aromatic carbocycles. The number of ether oxygens (including phenoxy) is 2. The van der Waals surface area contributed by atoms with Gasteiger partial charge in [0.05, 0.1) is 14.2 Å². The van der Waals surface area contributed by atoms with Crippen LogP contribution in [0.3, 0.4) is 0 Å². The molecule has 118 valence electrons. The molecule has 0 aliphatic carbocycles. The van der Waals surface area contributed by atoms with Crippen molar-refractivity contribution in [2.45, 2.75) is 32.2 Å². The normalized spacial score (nSPS) is 16.5. The molecule has 1 saturated heterocycles. The Kier molecular flexibility index (Phi) is 6.83. The average Bonchev–Trinajstić information content (AvgIpc) is 2.80. The van der Waals surface area contributed by atoms with E-state index < -0.39 is 0 Å². The van der Waals surface area contributed by atoms with Crippen LogP contribution in [-0.4, -0.2) is 45.3 Å². The summed E-state index contributed by atoms with van der Waals surface area (Å²) in [4.78, 5) is 2.58. The molecule has 1 aliphatic rings. The Bertz CT molecular complexity index is 393. The van der Waals surface area contributed by atoms with Crippen LogP contribution in [0.5, 0.6) is 11.5 Å². The fourth-order valence-electron chi connectivity index (χ4n) is 2.80. The maximum absolute atomic E-state index is 5.30. The molecule has 1 N–H and O–H groups in total. The van der Waals surface area contributed by atoms with E-state index in [1.165, 1.54) is 44.3 Å². The molecule has 0 atom stereocenters. The SMILES string of the molecule is COc1cc(CNCCN2CCCCCC2)cc(OC)c1. The van der Waals surface area contributed by atoms with Gasteiger partial charge in [0.15, 0.2) is 0 Å². The van der Waals surface area contributed by atoms with Crippen molar-refractivity contribution < 1.29 is 9.47 Å². The highest BCUT2D eigenvalue weighted by Gasteiger charge is 2.08. The summed E-state index contributed by atoms with van der Waals surface area (Å²) in [6, 6.07) is 6.02. The van der Waals surface area contributed by atoms with Gasteiger partial charge < -0.3 is 19.7 Å². The summed E-state index contributed by atoms with van der Waals surface area (Å²) in [6.07, 6.45) is 5.50. The van der Waals surface area contributed by atoms with Crippen LogP contribution < -0.4 is 14.8 Å². The molecule has 0 amide bonds. The second-order valence-corrected chi connectivity index (χ2v) is 5.65. The molecule has 4 heteroatoms. The molecule has 0 radical (unpaired) electrons. The lowest BCUT2D eigenvalue weighted by Gasteiger charge is -2.19. The number of benzene rings is 1. The van der Waals surface area contributed by atoms with Crippen molar-refractivity contribution in [2.75, 3.05) is 40.4 Å². The van der Waals surface area contributed by atoms with Crippen LogP contribution in [0.15, 0.2) is 18.2 Å². The fraction of sp³-hybridized carbons (Fsp3) is 0.647. The number of rotatable bonds is 7. The van der Waals surface area contributed by atoms with E-state index in [-0.39, 0.29) is 0 Å². The third-order valence-electron chi connectivity index (χ3n) is 4.04. The van der Waals surface area contributed by atoms with E-state index in [0.717, 1.165) is 31.1 Å². The van der Waals surface area contributed by atoms with Crippen molar-refractivity contribution in [3.8, 4) is 11.5 Å². The van der Waals surface area contributed by atoms with Crippen molar-refractivity contribution in [3.05, 3.63) is 23.8 Å². The maximum Gasteiger partial charge on any atom is 0.122 e. The zero-order valence-electron chi connectivity index (χ0n) is 13.4. The van der Waals surface area contributed by atoms with Gasteiger partial charge in [0, 0.05) is 25.7 Å². The second-order valence-electron chi connectivity index (χ2n) is 5.65. The summed E-state index contributed by atoms with van der Waals surface area (Å²) in [6.45, 7) is 5.53. The summed E-state index contributed by atoms with van der Waals surface area (Å²) >= 11 is 0. The molecule has 0 saturated carbocycles. The molecular weight excluding hydrogens is 264 g/mol. The Labute approximate surface area is 128 Å². The number of nitrogens with zero attached hydrogens (tertiary/aromatic N) is 1. The molecule has 1 fully saturated rings. The lowest BCUT2D eigenvalue weighted by molar-refractivity contribution is 0.284. The number of likely N-dealkylation sites (tertiary alicyclic amines) is 1. The highest BCUT2D eigenvalue weighted by atomic mass is 16.5. The Morgan fingerprint density at radius 1 is 0.952 bits per heavy atom. The van der Waals surface area contributed by atoms with E-state index in [1.807, 2.05) is 6.07 Å². The predicted molar refractivity (Wildman–Crippen MR) is 86.2 cm³/mol. The van der Waals surface area contributed by atoms with Gasteiger partial charge in [-0.05, 0) is 43.6 Å². The van der Waals surface area contributed by atoms with Gasteiger partial charge in [-0.3, -0.25) is 0 Å². The number of hydrogen-bond acceptors (Lipinski definition) is 4. The molecule has 1 heterocycles. The molecule has 1 aromatic rings. The van der Waals surface area contributed by atoms with Crippen molar-refractivity contribution >= 4 is 0 Å². The van der Waals surface area contributed by atoms with Crippen LogP contribution in [-0.2, 0) is 6.54 Å². The van der Waals surface area contributed by atoms with Gasteiger partial charge in [0.2, 0.25) is 0 Å². The van der Waals surface area contributed by atoms with Crippen LogP contribution in [0.1, 0.15) is 31.2 Å². The Morgan fingerprint density at radius 3 is 2.14 bits per heavy atom. The quantitative estimate of drug-likeness (QED) is 0.783. The van der Waals surface area contributed by atoms with E-state index in [2.05, 4.69) is 22.3 Å². The smallest absolute Gasteiger partial charge is 0.122 e. The molecule has 2 rings (SSSR count). The number of methoxy groups -OCH3 is 2. The first-order valence-electron chi connectivity index (χ1n) is 7.97. The van der Waals surface area contributed by atoms with Crippen LogP contribution in [0.25, 0.3) is 0 Å². The fourth-order valence-corrected chi connectivity index (χ4v) is 2.80. The number of hydrogen-bond donors (Lipinski definition) is 1. The predicted octanol–water partition coefficient (Wildman–Crippen LogP) is 2.67. The summed E-state index contributed by atoms with van der Waals surface area (Å²) in [5.74, 6) is 1.69. The second kappa shape index (κ2) is 8.90. The van der Waals surface area contributed by atoms with Crippen molar-refractivity contribution in [1.29, 1.82) is 0 Å². The first-order chi connectivity index (χ1) is 10.3. The molecule has 21 heavy (non-hydrogen) atoms. The molecule has 0 unspecified atom stereocenters. The van der Waals surface area contributed by atoms with Gasteiger partial charge in [-0.2, -0.15) is 0 Å². The lowest BCUT2D eigenvalue weighted by Crippen LogP contribution is -2.32. The summed E-state index contributed by atoms with van der Waals surface area (Å²) in [5, 5.41) is 3.52. The minimum Gasteiger partial charge on any atom is -0.497 e. The van der Waals surface area contributed by atoms with E-state index in [0.29, 0.717) is 0 Å². The summed E-state index contributed by atoms with van der Waals surface area (Å²) < 4.78 is 10.6. The van der Waals surface area contributed by atoms with Gasteiger partial charge in [-0.1, -0.05) is 12.8 Å². The number of nitrogens with one attached hydrogen (secondary N) is 1. The highest BCUT2D eigenvalue weighted by Crippen LogP contribution is 2.22. The van der Waals surface area contributed by atoms with Crippen molar-refractivity contribution in [2.24, 2.45) is 0 Å². The first kappa shape index (κ1) is 16.1. The largest absolute Gasteiger partial charge is 0.497 e. The average molecular weight is 292 g/mol. The van der Waals surface area contributed by atoms with Crippen molar-refractivity contribution in [3.63, 3.8) is 0 Å². The molecule has 1 aliphatic heterocycles. The van der Waals surface area contributed by atoms with Crippen LogP contribution in [0.2, 0.25) is 0 Å². The molecule has 0 spiro atoms. The Morgan fingerprint density at radius 2 is 1.57 bits per heavy atom. The molecule has 4 nitrogen and oxygen atoms in total. The summed E-state index contributed by atoms with van der Waals surface area (Å²) in [7, 11) is 3.37. The Hall–Kier alpha value is -1.26. The minimum absolute atomic E-state index is 0.846. The zero-order chi connectivity index (χ0) is 14.9. The minimum atomic E-state index is 0.846. The van der Waals surface area contributed by atoms with Gasteiger partial charge in [0.25, 0.3) is 0 Å². The van der Waals surface area contributed by atoms with Crippen LogP contribution in [0.4, 0.5) is 0 Å². The van der Waals surface area contributed by atoms with E-state index in [9.17, 15) is 0 Å². The molecular formula is C17H28N2O2. The first-order valence-corrected chi connectivity index (χ1v) is 7.97. The molecule has 0 aromatic heterocycles. The van der Waals surface area contributed by atoms with E-state index in [1.54, 1.807) is 14.2 Å². The van der Waals surface area contributed by atoms with Crippen LogP contribution >= 0.6 is 0 Å². The standard InChI is InChI=1S/C17H28N2O2/c1-20-16-11-15(12-17(13-16)21-2)14-18-7-10-19-8-5-3-4-6-9-19/h11-13,18H,3-10,14H2,1-2H3. The van der Waals surface area contributed by atoms with E-state index >= 15 is 0 Å². The molecule has 0 bridgehead atoms. The van der Waals surface area contributed by atoms with Crippen LogP contribution in [0, 0.1) is 0 Å². The van der Waals surface area contributed by atoms with Gasteiger partial charge in [-0.25, -0.2) is 0 Å². The topological polar surface area (TPSA) is 33.7 Å². The van der Waals surface area contributed by atoms with Crippen molar-refractivity contribution in [1.82, 2.24) is 10.2 Å². The maximum atomic E-state index is 5.30. The highest BCUT2D eigenvalue weighted by molar-refractivity contribution is 5.38. The van der Waals surface area contributed by atoms with Gasteiger partial charge >= 0.3 is 0 Å². The lowest BCUT2D eigenvalue weighted by atomic mass is 10.2. The Balaban J connectivity index is 1.74. The van der Waals surface area contributed by atoms with Gasteiger partial charge in [-0.15, -0.1) is 0 Å². The summed E-state index contributed by atoms with van der Waals surface area (Å²) in [5.41, 5.74) is 1.20. The monoisotopic (exact) mass is 292 g/mol. The van der Waals surface area contributed by atoms with E-state index in [4.69, 9.17) is 9.47 Å². The van der Waals surface area contributed by atoms with Gasteiger partial charge in [0.1, 0.15) is 11.5 Å². The third kappa shape index (κ3) is 5.56. The third-order valence-corrected chi connectivity index (χ3v) is 4.04. The zero-order valence-corrected chi connectivity index (χ0v) is 13.4.